The second kappa shape index (κ2) is 13.1. The van der Waals surface area contributed by atoms with Crippen LogP contribution in [0.15, 0.2) is 22.6 Å². The zero-order chi connectivity index (χ0) is 23.6. The number of furan rings is 1. The zero-order valence-electron chi connectivity index (χ0n) is 20.5. The van der Waals surface area contributed by atoms with Crippen molar-refractivity contribution in [3.63, 3.8) is 0 Å². The van der Waals surface area contributed by atoms with E-state index in [1.165, 1.54) is 7.11 Å². The molecule has 184 valence electrons. The standard InChI is InChI=1S/C27H40O6/c1-4-5-10-19(2)23(28)15-14-21-22-17-20(11-6-7-12-26(29)30-3)32-25(22)18-24(21)33-27-13-8-9-16-31-27/h14-15,17,19,21,24,27H,4-13,16,18H2,1-3H3/t19?,21-,24-,27?/m1/s1. The SMILES string of the molecule is CCCCC(C)C(=O)C=C[C@@H]1c2cc(CCCCC(=O)OC)oc2C[C@H]1OC1CCCCO1. The van der Waals surface area contributed by atoms with Crippen molar-refractivity contribution >= 4 is 11.8 Å². The van der Waals surface area contributed by atoms with Crippen LogP contribution in [0.5, 0.6) is 0 Å². The van der Waals surface area contributed by atoms with E-state index in [-0.39, 0.29) is 36.0 Å². The third kappa shape index (κ3) is 7.54. The van der Waals surface area contributed by atoms with Crippen LogP contribution in [0.1, 0.15) is 94.6 Å². The van der Waals surface area contributed by atoms with Crippen LogP contribution in [0.2, 0.25) is 0 Å². The molecule has 4 atom stereocenters. The number of aryl methyl sites for hydroxylation is 1. The topological polar surface area (TPSA) is 75.0 Å². The first-order valence-electron chi connectivity index (χ1n) is 12.7. The number of methoxy groups -OCH3 is 1. The van der Waals surface area contributed by atoms with E-state index in [2.05, 4.69) is 13.0 Å². The van der Waals surface area contributed by atoms with Crippen LogP contribution in [-0.2, 0) is 36.6 Å². The van der Waals surface area contributed by atoms with Crippen molar-refractivity contribution in [2.45, 2.75) is 103 Å². The minimum atomic E-state index is -0.180. The molecule has 0 bridgehead atoms. The second-order valence-corrected chi connectivity index (χ2v) is 9.38. The van der Waals surface area contributed by atoms with Crippen LogP contribution in [0.25, 0.3) is 0 Å². The Labute approximate surface area is 198 Å². The number of fused-ring (bicyclic) bond motifs is 1. The van der Waals surface area contributed by atoms with E-state index in [0.29, 0.717) is 12.8 Å². The summed E-state index contributed by atoms with van der Waals surface area (Å²) in [5, 5.41) is 0. The molecule has 2 aliphatic rings. The van der Waals surface area contributed by atoms with E-state index in [1.807, 2.05) is 13.0 Å². The predicted octanol–water partition coefficient (Wildman–Crippen LogP) is 5.67. The van der Waals surface area contributed by atoms with E-state index in [1.54, 1.807) is 6.08 Å². The summed E-state index contributed by atoms with van der Waals surface area (Å²) in [5.74, 6) is 1.90. The van der Waals surface area contributed by atoms with Gasteiger partial charge in [0.25, 0.3) is 0 Å². The Morgan fingerprint density at radius 2 is 2.09 bits per heavy atom. The van der Waals surface area contributed by atoms with Crippen LogP contribution in [-0.4, -0.2) is 37.9 Å². The summed E-state index contributed by atoms with van der Waals surface area (Å²) in [6, 6.07) is 2.11. The summed E-state index contributed by atoms with van der Waals surface area (Å²) in [4.78, 5) is 24.0. The number of ketones is 1. The normalized spacial score (nSPS) is 23.5. The number of hydrogen-bond acceptors (Lipinski definition) is 6. The number of ether oxygens (including phenoxy) is 3. The molecule has 0 spiro atoms. The van der Waals surface area contributed by atoms with Crippen molar-refractivity contribution in [3.05, 3.63) is 35.3 Å². The fourth-order valence-corrected chi connectivity index (χ4v) is 4.64. The highest BCUT2D eigenvalue weighted by Crippen LogP contribution is 2.40. The lowest BCUT2D eigenvalue weighted by Crippen LogP contribution is -2.30. The Hall–Kier alpha value is -1.92. The fourth-order valence-electron chi connectivity index (χ4n) is 4.64. The van der Waals surface area contributed by atoms with Gasteiger partial charge in [-0.1, -0.05) is 32.8 Å². The number of carbonyl (C=O) groups excluding carboxylic acids is 2. The molecule has 3 rings (SSSR count). The minimum absolute atomic E-state index is 0.0135. The largest absolute Gasteiger partial charge is 0.469 e. The van der Waals surface area contributed by atoms with Crippen molar-refractivity contribution in [1.82, 2.24) is 0 Å². The van der Waals surface area contributed by atoms with Gasteiger partial charge in [0.15, 0.2) is 12.1 Å². The highest BCUT2D eigenvalue weighted by molar-refractivity contribution is 5.91. The smallest absolute Gasteiger partial charge is 0.305 e. The molecule has 0 N–H and O–H groups in total. The molecule has 33 heavy (non-hydrogen) atoms. The molecule has 6 nitrogen and oxygen atoms in total. The second-order valence-electron chi connectivity index (χ2n) is 9.38. The molecule has 0 saturated carbocycles. The van der Waals surface area contributed by atoms with Gasteiger partial charge in [-0.3, -0.25) is 9.59 Å². The number of carbonyl (C=O) groups is 2. The summed E-state index contributed by atoms with van der Waals surface area (Å²) in [6.07, 6.45) is 13.2. The van der Waals surface area contributed by atoms with Crippen molar-refractivity contribution in [2.24, 2.45) is 5.92 Å². The van der Waals surface area contributed by atoms with Crippen molar-refractivity contribution in [2.75, 3.05) is 13.7 Å². The molecule has 1 saturated heterocycles. The first-order valence-corrected chi connectivity index (χ1v) is 12.7. The molecular formula is C27H40O6. The maximum atomic E-state index is 12.7. The molecule has 0 aromatic carbocycles. The molecular weight excluding hydrogens is 420 g/mol. The molecule has 1 aliphatic heterocycles. The maximum absolute atomic E-state index is 12.7. The quantitative estimate of drug-likeness (QED) is 0.215. The van der Waals surface area contributed by atoms with Gasteiger partial charge in [0.2, 0.25) is 0 Å². The summed E-state index contributed by atoms with van der Waals surface area (Å²) in [7, 11) is 1.42. The Morgan fingerprint density at radius 3 is 2.82 bits per heavy atom. The molecule has 2 unspecified atom stereocenters. The lowest BCUT2D eigenvalue weighted by Gasteiger charge is -2.28. The van der Waals surface area contributed by atoms with Gasteiger partial charge >= 0.3 is 5.97 Å². The van der Waals surface area contributed by atoms with Crippen LogP contribution in [0.3, 0.4) is 0 Å². The Kier molecular flexibility index (Phi) is 10.2. The summed E-state index contributed by atoms with van der Waals surface area (Å²) in [6.45, 7) is 4.90. The molecule has 1 fully saturated rings. The van der Waals surface area contributed by atoms with Crippen LogP contribution < -0.4 is 0 Å². The summed E-state index contributed by atoms with van der Waals surface area (Å²) >= 11 is 0. The van der Waals surface area contributed by atoms with Crippen LogP contribution >= 0.6 is 0 Å². The third-order valence-electron chi connectivity index (χ3n) is 6.73. The van der Waals surface area contributed by atoms with E-state index in [9.17, 15) is 9.59 Å². The maximum Gasteiger partial charge on any atom is 0.305 e. The lowest BCUT2D eigenvalue weighted by molar-refractivity contribution is -0.188. The van der Waals surface area contributed by atoms with Gasteiger partial charge in [-0.2, -0.15) is 0 Å². The number of rotatable bonds is 13. The molecule has 1 aliphatic carbocycles. The van der Waals surface area contributed by atoms with Crippen molar-refractivity contribution in [3.8, 4) is 0 Å². The third-order valence-corrected chi connectivity index (χ3v) is 6.73. The monoisotopic (exact) mass is 460 g/mol. The summed E-state index contributed by atoms with van der Waals surface area (Å²) in [5.41, 5.74) is 1.11. The molecule has 1 aromatic rings. The van der Waals surface area contributed by atoms with Gasteiger partial charge in [0.05, 0.1) is 13.2 Å². The first-order chi connectivity index (χ1) is 16.0. The van der Waals surface area contributed by atoms with E-state index >= 15 is 0 Å². The van der Waals surface area contributed by atoms with Gasteiger partial charge in [-0.05, 0) is 50.7 Å². The van der Waals surface area contributed by atoms with E-state index < -0.39 is 0 Å². The van der Waals surface area contributed by atoms with Gasteiger partial charge in [0, 0.05) is 43.3 Å². The summed E-state index contributed by atoms with van der Waals surface area (Å²) < 4.78 is 23.0. The highest BCUT2D eigenvalue weighted by atomic mass is 16.7. The molecule has 2 heterocycles. The van der Waals surface area contributed by atoms with Gasteiger partial charge < -0.3 is 18.6 Å². The molecule has 0 radical (unpaired) electrons. The Morgan fingerprint density at radius 1 is 1.24 bits per heavy atom. The first kappa shape index (κ1) is 25.7. The van der Waals surface area contributed by atoms with Crippen molar-refractivity contribution < 1.29 is 28.2 Å². The number of esters is 1. The zero-order valence-corrected chi connectivity index (χ0v) is 20.5. The van der Waals surface area contributed by atoms with Crippen LogP contribution in [0.4, 0.5) is 0 Å². The number of unbranched alkanes of at least 4 members (excludes halogenated alkanes) is 2. The van der Waals surface area contributed by atoms with Gasteiger partial charge in [-0.15, -0.1) is 0 Å². The molecule has 0 amide bonds. The predicted molar refractivity (Wildman–Crippen MR) is 126 cm³/mol. The lowest BCUT2D eigenvalue weighted by atomic mass is 9.95. The Bertz CT molecular complexity index is 789. The van der Waals surface area contributed by atoms with Crippen molar-refractivity contribution in [1.29, 1.82) is 0 Å². The molecule has 6 heteroatoms. The molecule has 1 aromatic heterocycles. The van der Waals surface area contributed by atoms with Gasteiger partial charge in [-0.25, -0.2) is 0 Å². The van der Waals surface area contributed by atoms with E-state index in [4.69, 9.17) is 18.6 Å². The highest BCUT2D eigenvalue weighted by Gasteiger charge is 2.37. The minimum Gasteiger partial charge on any atom is -0.469 e. The average Bonchev–Trinajstić information content (AvgIpc) is 3.36. The number of hydrogen-bond donors (Lipinski definition) is 0. The average molecular weight is 461 g/mol. The van der Waals surface area contributed by atoms with Crippen LogP contribution in [0, 0.1) is 5.92 Å². The fraction of sp³-hybridized carbons (Fsp3) is 0.704. The Balaban J connectivity index is 1.65. The number of allylic oxidation sites excluding steroid dienone is 1. The van der Waals surface area contributed by atoms with E-state index in [0.717, 1.165) is 81.5 Å². The van der Waals surface area contributed by atoms with Gasteiger partial charge in [0.1, 0.15) is 11.5 Å².